The summed E-state index contributed by atoms with van der Waals surface area (Å²) in [5.41, 5.74) is 0. The van der Waals surface area contributed by atoms with E-state index in [4.69, 9.17) is 18.5 Å². The summed E-state index contributed by atoms with van der Waals surface area (Å²) in [5, 5.41) is 4.99. The Bertz CT molecular complexity index is 866. The van der Waals surface area contributed by atoms with Gasteiger partial charge in [-0.1, -0.05) is 121 Å². The summed E-state index contributed by atoms with van der Waals surface area (Å²) < 4.78 is -0.698. The van der Waals surface area contributed by atoms with Crippen LogP contribution in [0.2, 0.25) is 0 Å². The Kier molecular flexibility index (Phi) is 9.76. The van der Waals surface area contributed by atoms with E-state index >= 15 is 0 Å². The van der Waals surface area contributed by atoms with E-state index in [1.807, 2.05) is 0 Å². The van der Waals surface area contributed by atoms with Gasteiger partial charge in [0.05, 0.1) is 0 Å². The molecule has 4 rings (SSSR count). The normalized spacial score (nSPS) is 11.2. The van der Waals surface area contributed by atoms with E-state index in [1.165, 1.54) is 21.2 Å². The van der Waals surface area contributed by atoms with Gasteiger partial charge in [0.1, 0.15) is 0 Å². The van der Waals surface area contributed by atoms with Gasteiger partial charge in [-0.3, -0.25) is 0 Å². The van der Waals surface area contributed by atoms with Crippen molar-refractivity contribution >= 4 is 58.2 Å². The molecule has 0 saturated carbocycles. The fraction of sp³-hybridized carbons (Fsp3) is 0.0385. The van der Waals surface area contributed by atoms with E-state index in [1.54, 1.807) is 0 Å². The van der Waals surface area contributed by atoms with E-state index in [0.29, 0.717) is 0 Å². The fourth-order valence-electron chi connectivity index (χ4n) is 3.50. The Morgan fingerprint density at radius 2 is 0.677 bits per heavy atom. The number of benzene rings is 4. The van der Waals surface area contributed by atoms with Crippen LogP contribution in [0.1, 0.15) is 0 Å². The molecule has 0 heterocycles. The Balaban J connectivity index is 0.00000132. The molecule has 0 atom stereocenters. The summed E-state index contributed by atoms with van der Waals surface area (Å²) in [4.78, 5) is 0. The molecule has 0 saturated heterocycles. The van der Waals surface area contributed by atoms with Crippen LogP contribution >= 0.6 is 37.0 Å². The van der Waals surface area contributed by atoms with Gasteiger partial charge in [-0.25, -0.2) is 0 Å². The van der Waals surface area contributed by atoms with Gasteiger partial charge in [-0.15, -0.1) is 11.6 Å². The minimum atomic E-state index is -0.898. The zero-order chi connectivity index (χ0) is 22.1. The molecule has 0 aliphatic heterocycles. The second kappa shape index (κ2) is 12.3. The average Bonchev–Trinajstić information content (AvgIpc) is 2.83. The summed E-state index contributed by atoms with van der Waals surface area (Å²) in [6, 6.07) is 42.4. The molecule has 0 N–H and O–H groups in total. The van der Waals surface area contributed by atoms with Crippen LogP contribution in [0.4, 0.5) is 0 Å². The third-order valence-electron chi connectivity index (χ3n) is 4.74. The topological polar surface area (TPSA) is 0 Å². The first-order chi connectivity index (χ1) is 15.2. The molecule has 5 heteroatoms. The van der Waals surface area contributed by atoms with Gasteiger partial charge in [0.2, 0.25) is 0 Å². The third-order valence-corrected chi connectivity index (χ3v) is 11.6. The summed E-state index contributed by atoms with van der Waals surface area (Å²) in [5.74, 6) is 0. The van der Waals surface area contributed by atoms with E-state index in [0.717, 1.165) is 0 Å². The van der Waals surface area contributed by atoms with Crippen LogP contribution in [-0.2, 0) is 18.2 Å². The van der Waals surface area contributed by atoms with Gasteiger partial charge in [0, 0.05) is 0 Å². The molecule has 0 nitrogen and oxygen atoms in total. The van der Waals surface area contributed by atoms with Crippen LogP contribution in [0.5, 0.6) is 0 Å². The van der Waals surface area contributed by atoms with Gasteiger partial charge in [0.25, 0.3) is 0 Å². The van der Waals surface area contributed by atoms with Crippen molar-refractivity contribution in [3.63, 3.8) is 0 Å². The standard InChI is InChI=1S/C26H22ClP2.ClH.Pd/c1-26(27,28(22-14-6-2-7-15-22)23-16-8-3-9-17-23)29(24-18-10-4-11-19-24)25-20-12-5-13-21-25;;/h2-21H,1H2;1H;/q-1;;+2/p-1. The van der Waals surface area contributed by atoms with Crippen LogP contribution in [-0.4, -0.2) is 4.36 Å². The third kappa shape index (κ3) is 6.07. The van der Waals surface area contributed by atoms with E-state index in [9.17, 15) is 0 Å². The molecule has 0 fully saturated rings. The minimum absolute atomic E-state index is 0.698. The molecule has 160 valence electrons. The maximum atomic E-state index is 7.55. The summed E-state index contributed by atoms with van der Waals surface area (Å²) in [6.45, 7) is 4.70. The first-order valence-corrected chi connectivity index (χ1v) is 14.7. The van der Waals surface area contributed by atoms with Crippen molar-refractivity contribution < 1.29 is 18.2 Å². The zero-order valence-corrected chi connectivity index (χ0v) is 21.6. The van der Waals surface area contributed by atoms with Crippen LogP contribution < -0.4 is 21.2 Å². The fourth-order valence-corrected chi connectivity index (χ4v) is 10.9. The summed E-state index contributed by atoms with van der Waals surface area (Å²) >= 11 is 9.78. The molecule has 4 aromatic carbocycles. The van der Waals surface area contributed by atoms with Gasteiger partial charge >= 0.3 is 27.7 Å². The monoisotopic (exact) mass is 572 g/mol. The number of hydrogen-bond donors (Lipinski definition) is 0. The van der Waals surface area contributed by atoms with Crippen molar-refractivity contribution in [3.05, 3.63) is 128 Å². The van der Waals surface area contributed by atoms with Crippen molar-refractivity contribution in [1.82, 2.24) is 0 Å². The summed E-state index contributed by atoms with van der Waals surface area (Å²) in [6.07, 6.45) is 0. The van der Waals surface area contributed by atoms with Gasteiger partial charge in [-0.2, -0.15) is 0 Å². The Labute approximate surface area is 207 Å². The SMILES string of the molecule is [CH2-]C(Cl)(P(c1ccccc1)c1ccccc1)P(c1ccccc1)c1ccccc1.[Cl][Pd+]. The van der Waals surface area contributed by atoms with Crippen molar-refractivity contribution in [2.45, 2.75) is 4.36 Å². The van der Waals surface area contributed by atoms with Gasteiger partial charge in [0.15, 0.2) is 0 Å². The molecule has 0 aliphatic carbocycles. The van der Waals surface area contributed by atoms with E-state index < -0.39 is 20.2 Å². The maximum absolute atomic E-state index is 7.55. The van der Waals surface area contributed by atoms with Crippen LogP contribution in [0, 0.1) is 6.92 Å². The first kappa shape index (κ1) is 24.6. The predicted molar refractivity (Wildman–Crippen MR) is 138 cm³/mol. The predicted octanol–water partition coefficient (Wildman–Crippen LogP) is 6.67. The zero-order valence-electron chi connectivity index (χ0n) is 16.7. The molecule has 0 aliphatic rings. The second-order valence-corrected chi connectivity index (χ2v) is 13.2. The number of rotatable bonds is 6. The Hall–Kier alpha value is -1.02. The van der Waals surface area contributed by atoms with E-state index in [-0.39, 0.29) is 0 Å². The van der Waals surface area contributed by atoms with Crippen molar-refractivity contribution in [3.8, 4) is 0 Å². The molecule has 0 aromatic heterocycles. The van der Waals surface area contributed by atoms with Gasteiger partial charge < -0.3 is 6.92 Å². The molecule has 0 spiro atoms. The quantitative estimate of drug-likeness (QED) is 0.105. The van der Waals surface area contributed by atoms with E-state index in [2.05, 4.69) is 149 Å². The van der Waals surface area contributed by atoms with Crippen LogP contribution in [0.15, 0.2) is 121 Å². The van der Waals surface area contributed by atoms with Crippen molar-refractivity contribution in [1.29, 1.82) is 0 Å². The summed E-state index contributed by atoms with van der Waals surface area (Å²) in [7, 11) is 2.69. The molecule has 0 radical (unpaired) electrons. The average molecular weight is 574 g/mol. The van der Waals surface area contributed by atoms with Crippen molar-refractivity contribution in [2.24, 2.45) is 0 Å². The number of halogens is 2. The second-order valence-electron chi connectivity index (χ2n) is 6.73. The first-order valence-electron chi connectivity index (χ1n) is 9.65. The molecular weight excluding hydrogens is 552 g/mol. The molecule has 0 amide bonds. The van der Waals surface area contributed by atoms with Crippen LogP contribution in [0.3, 0.4) is 0 Å². The Morgan fingerprint density at radius 1 is 0.484 bits per heavy atom. The number of alkyl halides is 1. The molecule has 31 heavy (non-hydrogen) atoms. The van der Waals surface area contributed by atoms with Crippen molar-refractivity contribution in [2.75, 3.05) is 0 Å². The molecule has 0 unspecified atom stereocenters. The molecule has 0 bridgehead atoms. The van der Waals surface area contributed by atoms with Gasteiger partial charge in [-0.05, 0) is 41.4 Å². The Morgan fingerprint density at radius 3 is 0.871 bits per heavy atom. The molecular formula is C26H22Cl2P2Pd. The molecule has 4 aromatic rings. The van der Waals surface area contributed by atoms with Crippen LogP contribution in [0.25, 0.3) is 0 Å². The number of hydrogen-bond acceptors (Lipinski definition) is 0.